The van der Waals surface area contributed by atoms with Gasteiger partial charge < -0.3 is 24.6 Å². The Kier molecular flexibility index (Phi) is 8.36. The Morgan fingerprint density at radius 2 is 1.85 bits per heavy atom. The summed E-state index contributed by atoms with van der Waals surface area (Å²) in [5, 5.41) is 22.7. The van der Waals surface area contributed by atoms with Gasteiger partial charge in [-0.2, -0.15) is 0 Å². The monoisotopic (exact) mass is 278 g/mol. The Morgan fingerprint density at radius 1 is 1.38 bits per heavy atom. The molecule has 77 valence electrons. The Labute approximate surface area is 89.4 Å². The van der Waals surface area contributed by atoms with Crippen molar-refractivity contribution in [2.45, 2.75) is 0 Å². The van der Waals surface area contributed by atoms with Gasteiger partial charge in [0.15, 0.2) is 0 Å². The second kappa shape index (κ2) is 7.53. The van der Waals surface area contributed by atoms with E-state index in [1.165, 1.54) is 6.08 Å². The Hall–Kier alpha value is -1.11. The summed E-state index contributed by atoms with van der Waals surface area (Å²) in [7, 11) is 0. The molecule has 0 unspecified atom stereocenters. The van der Waals surface area contributed by atoms with E-state index < -0.39 is 17.7 Å². The number of carbonyl (C=O) groups is 2. The Morgan fingerprint density at radius 3 is 2.15 bits per heavy atom. The van der Waals surface area contributed by atoms with E-state index in [-0.39, 0.29) is 29.0 Å². The Bertz CT molecular complexity index is 221. The van der Waals surface area contributed by atoms with Crippen LogP contribution in [0.3, 0.4) is 0 Å². The number of hydrogen-bond donors (Lipinski definition) is 0. The van der Waals surface area contributed by atoms with Gasteiger partial charge in [0.05, 0.1) is 11.9 Å². The van der Waals surface area contributed by atoms with Crippen LogP contribution in [0.25, 0.3) is 0 Å². The fourth-order valence-electron chi connectivity index (χ4n) is 0.312. The normalized spacial score (nSPS) is 7.69. The predicted octanol–water partition coefficient (Wildman–Crippen LogP) is -2.96. The van der Waals surface area contributed by atoms with Crippen molar-refractivity contribution in [1.29, 1.82) is 0 Å². The zero-order chi connectivity index (χ0) is 9.56. The average Bonchev–Trinajstić information content (AvgIpc) is 1.96. The topological polar surface area (TPSA) is 102 Å². The van der Waals surface area contributed by atoms with E-state index in [1.54, 1.807) is 0 Å². The summed E-state index contributed by atoms with van der Waals surface area (Å²) in [5.41, 5.74) is -1.28. The zero-order valence-corrected chi connectivity index (χ0v) is 7.76. The molecule has 6 nitrogen and oxygen atoms in total. The van der Waals surface area contributed by atoms with E-state index in [2.05, 4.69) is 16.6 Å². The van der Waals surface area contributed by atoms with Gasteiger partial charge in [-0.05, 0) is 0 Å². The molecule has 0 aromatic carbocycles. The predicted molar refractivity (Wildman–Crippen MR) is 33.6 cm³/mol. The van der Waals surface area contributed by atoms with Gasteiger partial charge in [0.25, 0.3) is 0 Å². The van der Waals surface area contributed by atoms with E-state index in [9.17, 15) is 19.8 Å². The van der Waals surface area contributed by atoms with Crippen molar-refractivity contribution >= 4 is 17.7 Å². The average molecular weight is 279 g/mol. The van der Waals surface area contributed by atoms with Crippen LogP contribution >= 0.6 is 0 Å². The molecule has 0 bridgehead atoms. The summed E-state index contributed by atoms with van der Waals surface area (Å²) in [4.78, 5) is 24.1. The number of carboxylic acids is 2. The molecule has 0 rings (SSSR count). The molecule has 0 heterocycles. The van der Waals surface area contributed by atoms with Crippen molar-refractivity contribution in [3.63, 3.8) is 0 Å². The van der Waals surface area contributed by atoms with Gasteiger partial charge in [-0.3, -0.25) is 0 Å². The molecule has 0 saturated heterocycles. The number of hydrogen-bond acceptors (Lipinski definition) is 6. The molecular formula is C6H5AgNO5-2. The fourth-order valence-corrected chi connectivity index (χ4v) is 0.312. The van der Waals surface area contributed by atoms with Crippen molar-refractivity contribution in [1.82, 2.24) is 0 Å². The zero-order valence-electron chi connectivity index (χ0n) is 6.28. The molecule has 0 aromatic heterocycles. The first-order valence-electron chi connectivity index (χ1n) is 2.83. The minimum absolute atomic E-state index is 0. The molecule has 0 amide bonds. The number of oxime groups is 1. The minimum Gasteiger partial charge on any atom is -0.543 e. The van der Waals surface area contributed by atoms with Crippen molar-refractivity contribution < 1.29 is 47.0 Å². The molecule has 0 spiro atoms. The van der Waals surface area contributed by atoms with Crippen LogP contribution in [0.5, 0.6) is 0 Å². The van der Waals surface area contributed by atoms with E-state index in [0.717, 1.165) is 0 Å². The van der Waals surface area contributed by atoms with Gasteiger partial charge >= 0.3 is 0 Å². The van der Waals surface area contributed by atoms with Gasteiger partial charge in [-0.1, -0.05) is 17.8 Å². The third kappa shape index (κ3) is 6.09. The first-order chi connectivity index (χ1) is 5.59. The second-order valence-corrected chi connectivity index (χ2v) is 1.60. The van der Waals surface area contributed by atoms with Crippen LogP contribution in [-0.4, -0.2) is 24.3 Å². The summed E-state index contributed by atoms with van der Waals surface area (Å²) < 4.78 is 0. The van der Waals surface area contributed by atoms with Crippen LogP contribution in [-0.2, 0) is 36.8 Å². The van der Waals surface area contributed by atoms with Crippen LogP contribution in [0, 0.1) is 0 Å². The van der Waals surface area contributed by atoms with Gasteiger partial charge in [0.1, 0.15) is 12.3 Å². The van der Waals surface area contributed by atoms with Crippen LogP contribution in [0.15, 0.2) is 17.8 Å². The molecule has 1 radical (unpaired) electrons. The number of carbonyl (C=O) groups excluding carboxylic acids is 2. The van der Waals surface area contributed by atoms with Crippen LogP contribution in [0.1, 0.15) is 0 Å². The molecule has 0 aliphatic rings. The maximum Gasteiger partial charge on any atom is 0.148 e. The van der Waals surface area contributed by atoms with Gasteiger partial charge in [-0.25, -0.2) is 0 Å². The molecule has 0 aliphatic carbocycles. The second-order valence-electron chi connectivity index (χ2n) is 1.60. The standard InChI is InChI=1S/C6H7NO5.Ag/c1-2-3-12-7-4(5(8)9)6(10)11;/h2H,1,3H2,(H,8,9)(H,10,11);/p-2. The number of aliphatic carboxylic acids is 2. The number of rotatable bonds is 5. The van der Waals surface area contributed by atoms with E-state index in [4.69, 9.17) is 0 Å². The maximum absolute atomic E-state index is 9.97. The Balaban J connectivity index is 0. The molecule has 0 aliphatic heterocycles. The summed E-state index contributed by atoms with van der Waals surface area (Å²) in [6.07, 6.45) is 1.27. The molecule has 0 N–H and O–H groups in total. The summed E-state index contributed by atoms with van der Waals surface area (Å²) >= 11 is 0. The van der Waals surface area contributed by atoms with Crippen LogP contribution in [0.4, 0.5) is 0 Å². The van der Waals surface area contributed by atoms with E-state index in [1.807, 2.05) is 0 Å². The molecule has 0 aromatic rings. The van der Waals surface area contributed by atoms with Crippen LogP contribution in [0.2, 0.25) is 0 Å². The van der Waals surface area contributed by atoms with Crippen molar-refractivity contribution in [2.75, 3.05) is 6.61 Å². The summed E-state index contributed by atoms with van der Waals surface area (Å²) in [5.74, 6) is -3.92. The molecule has 0 saturated carbocycles. The molecule has 0 atom stereocenters. The molecule has 7 heteroatoms. The minimum atomic E-state index is -1.96. The number of carboxylic acid groups (broad SMARTS) is 2. The first-order valence-corrected chi connectivity index (χ1v) is 2.83. The quantitative estimate of drug-likeness (QED) is 0.134. The fraction of sp³-hybridized carbons (Fsp3) is 0.167. The molecule has 13 heavy (non-hydrogen) atoms. The smallest absolute Gasteiger partial charge is 0.148 e. The van der Waals surface area contributed by atoms with E-state index in [0.29, 0.717) is 0 Å². The van der Waals surface area contributed by atoms with Gasteiger partial charge in [0.2, 0.25) is 0 Å². The number of nitrogens with zero attached hydrogens (tertiary/aromatic N) is 1. The van der Waals surface area contributed by atoms with Gasteiger partial charge in [-0.15, -0.1) is 0 Å². The summed E-state index contributed by atoms with van der Waals surface area (Å²) in [6.45, 7) is 3.13. The molecular weight excluding hydrogens is 274 g/mol. The van der Waals surface area contributed by atoms with Crippen molar-refractivity contribution in [3.8, 4) is 0 Å². The van der Waals surface area contributed by atoms with Crippen molar-refractivity contribution in [2.24, 2.45) is 5.16 Å². The SMILES string of the molecule is C=CCON=C(C(=O)[O-])C(=O)[O-].[Ag]. The first kappa shape index (κ1) is 14.4. The third-order valence-electron chi connectivity index (χ3n) is 0.735. The summed E-state index contributed by atoms with van der Waals surface area (Å²) in [6, 6.07) is 0. The third-order valence-corrected chi connectivity index (χ3v) is 0.735. The van der Waals surface area contributed by atoms with Crippen LogP contribution < -0.4 is 10.2 Å². The molecule has 0 fully saturated rings. The van der Waals surface area contributed by atoms with Gasteiger partial charge in [0, 0.05) is 22.4 Å². The van der Waals surface area contributed by atoms with E-state index >= 15 is 0 Å². The maximum atomic E-state index is 9.97. The largest absolute Gasteiger partial charge is 0.543 e. The van der Waals surface area contributed by atoms with Crippen molar-refractivity contribution in [3.05, 3.63) is 12.7 Å².